The van der Waals surface area contributed by atoms with Gasteiger partial charge in [0.25, 0.3) is 0 Å². The summed E-state index contributed by atoms with van der Waals surface area (Å²) in [6.45, 7) is 4.01. The number of amides is 1. The molecule has 3 nitrogen and oxygen atoms in total. The summed E-state index contributed by atoms with van der Waals surface area (Å²) in [6.07, 6.45) is 3.83. The van der Waals surface area contributed by atoms with Crippen LogP contribution in [-0.4, -0.2) is 19.0 Å². The van der Waals surface area contributed by atoms with E-state index in [0.717, 1.165) is 37.9 Å². The van der Waals surface area contributed by atoms with Gasteiger partial charge in [0.15, 0.2) is 0 Å². The number of benzene rings is 1. The number of piperidine rings is 1. The maximum absolute atomic E-state index is 13.1. The Bertz CT molecular complexity index is 444. The molecule has 0 bridgehead atoms. The summed E-state index contributed by atoms with van der Waals surface area (Å²) in [4.78, 5) is 11.9. The van der Waals surface area contributed by atoms with Gasteiger partial charge < -0.3 is 10.6 Å². The summed E-state index contributed by atoms with van der Waals surface area (Å²) >= 11 is 0. The van der Waals surface area contributed by atoms with Gasteiger partial charge in [-0.25, -0.2) is 4.39 Å². The van der Waals surface area contributed by atoms with Gasteiger partial charge in [-0.15, -0.1) is 0 Å². The highest BCUT2D eigenvalue weighted by Gasteiger charge is 2.15. The van der Waals surface area contributed by atoms with E-state index < -0.39 is 0 Å². The van der Waals surface area contributed by atoms with Crippen LogP contribution in [-0.2, 0) is 4.79 Å². The van der Waals surface area contributed by atoms with Gasteiger partial charge in [-0.05, 0) is 62.9 Å². The number of carbonyl (C=O) groups is 1. The van der Waals surface area contributed by atoms with Crippen molar-refractivity contribution < 1.29 is 9.18 Å². The molecule has 0 radical (unpaired) electrons. The van der Waals surface area contributed by atoms with E-state index in [9.17, 15) is 9.18 Å². The van der Waals surface area contributed by atoms with Gasteiger partial charge in [-0.2, -0.15) is 0 Å². The van der Waals surface area contributed by atoms with Crippen LogP contribution < -0.4 is 10.6 Å². The third kappa shape index (κ3) is 4.60. The Labute approximate surface area is 120 Å². The highest BCUT2D eigenvalue weighted by Crippen LogP contribution is 2.18. The van der Waals surface area contributed by atoms with Crippen molar-refractivity contribution in [2.75, 3.05) is 13.1 Å². The van der Waals surface area contributed by atoms with Gasteiger partial charge in [0, 0.05) is 6.42 Å². The first-order valence-corrected chi connectivity index (χ1v) is 7.40. The third-order valence-corrected chi connectivity index (χ3v) is 3.96. The average Bonchev–Trinajstić information content (AvgIpc) is 2.46. The zero-order valence-electron chi connectivity index (χ0n) is 12.0. The number of hydrogen-bond donors (Lipinski definition) is 2. The lowest BCUT2D eigenvalue weighted by Crippen LogP contribution is -2.30. The molecule has 1 aromatic carbocycles. The predicted octanol–water partition coefficient (Wildman–Crippen LogP) is 2.78. The van der Waals surface area contributed by atoms with Crippen LogP contribution in [0.25, 0.3) is 0 Å². The van der Waals surface area contributed by atoms with Gasteiger partial charge >= 0.3 is 0 Å². The molecular weight excluding hydrogens is 255 g/mol. The van der Waals surface area contributed by atoms with Gasteiger partial charge in [0.2, 0.25) is 5.91 Å². The molecular formula is C16H23FN2O. The van der Waals surface area contributed by atoms with Gasteiger partial charge in [-0.3, -0.25) is 4.79 Å². The first-order valence-electron chi connectivity index (χ1n) is 7.40. The zero-order valence-corrected chi connectivity index (χ0v) is 12.0. The van der Waals surface area contributed by atoms with Crippen molar-refractivity contribution in [3.05, 3.63) is 35.6 Å². The molecule has 0 saturated carbocycles. The van der Waals surface area contributed by atoms with E-state index in [1.807, 2.05) is 13.0 Å². The molecule has 0 aliphatic carbocycles. The first kappa shape index (κ1) is 15.0. The van der Waals surface area contributed by atoms with Crippen molar-refractivity contribution in [1.82, 2.24) is 10.6 Å². The molecule has 20 heavy (non-hydrogen) atoms. The van der Waals surface area contributed by atoms with Crippen LogP contribution in [0.1, 0.15) is 44.2 Å². The summed E-state index contributed by atoms with van der Waals surface area (Å²) in [5.41, 5.74) is 0.806. The number of rotatable bonds is 5. The van der Waals surface area contributed by atoms with Crippen molar-refractivity contribution in [2.45, 2.75) is 38.6 Å². The fourth-order valence-corrected chi connectivity index (χ4v) is 2.68. The lowest BCUT2D eigenvalue weighted by Gasteiger charge is -2.22. The Morgan fingerprint density at radius 1 is 1.45 bits per heavy atom. The van der Waals surface area contributed by atoms with E-state index >= 15 is 0 Å². The largest absolute Gasteiger partial charge is 0.350 e. The predicted molar refractivity (Wildman–Crippen MR) is 77.8 cm³/mol. The number of hydrogen-bond acceptors (Lipinski definition) is 2. The minimum atomic E-state index is -0.265. The molecule has 4 heteroatoms. The van der Waals surface area contributed by atoms with Crippen LogP contribution in [0.5, 0.6) is 0 Å². The van der Waals surface area contributed by atoms with E-state index in [1.165, 1.54) is 12.1 Å². The van der Waals surface area contributed by atoms with E-state index in [-0.39, 0.29) is 17.8 Å². The van der Waals surface area contributed by atoms with Crippen LogP contribution in [0.3, 0.4) is 0 Å². The lowest BCUT2D eigenvalue weighted by molar-refractivity contribution is -0.122. The fourth-order valence-electron chi connectivity index (χ4n) is 2.68. The van der Waals surface area contributed by atoms with Gasteiger partial charge in [0.1, 0.15) is 5.82 Å². The molecule has 0 aromatic heterocycles. The van der Waals surface area contributed by atoms with Crippen LogP contribution in [0.4, 0.5) is 4.39 Å². The maximum Gasteiger partial charge on any atom is 0.220 e. The van der Waals surface area contributed by atoms with Crippen LogP contribution in [0.15, 0.2) is 24.3 Å². The normalized spacial score (nSPS) is 17.7. The molecule has 1 aliphatic rings. The summed E-state index contributed by atoms with van der Waals surface area (Å²) in [5.74, 6) is 0.449. The summed E-state index contributed by atoms with van der Waals surface area (Å²) < 4.78 is 13.1. The quantitative estimate of drug-likeness (QED) is 0.869. The molecule has 2 N–H and O–H groups in total. The maximum atomic E-state index is 13.1. The smallest absolute Gasteiger partial charge is 0.220 e. The average molecular weight is 278 g/mol. The molecule has 0 spiro atoms. The second-order valence-electron chi connectivity index (χ2n) is 5.58. The van der Waals surface area contributed by atoms with E-state index in [0.29, 0.717) is 12.3 Å². The highest BCUT2D eigenvalue weighted by atomic mass is 19.1. The Kier molecular flexibility index (Phi) is 5.53. The topological polar surface area (TPSA) is 41.1 Å². The SMILES string of the molecule is CC(NC(=O)CCC1CCNCC1)c1cccc(F)c1. The Morgan fingerprint density at radius 3 is 2.90 bits per heavy atom. The summed E-state index contributed by atoms with van der Waals surface area (Å²) in [5, 5.41) is 6.27. The highest BCUT2D eigenvalue weighted by molar-refractivity contribution is 5.76. The fraction of sp³-hybridized carbons (Fsp3) is 0.562. The number of nitrogens with one attached hydrogen (secondary N) is 2. The lowest BCUT2D eigenvalue weighted by atomic mass is 9.93. The van der Waals surface area contributed by atoms with E-state index in [4.69, 9.17) is 0 Å². The Balaban J connectivity index is 1.76. The standard InChI is InChI=1S/C16H23FN2O/c1-12(14-3-2-4-15(17)11-14)19-16(20)6-5-13-7-9-18-10-8-13/h2-4,11-13,18H,5-10H2,1H3,(H,19,20). The summed E-state index contributed by atoms with van der Waals surface area (Å²) in [7, 11) is 0. The minimum Gasteiger partial charge on any atom is -0.350 e. The second-order valence-corrected chi connectivity index (χ2v) is 5.58. The monoisotopic (exact) mass is 278 g/mol. The molecule has 1 atom stereocenters. The Morgan fingerprint density at radius 2 is 2.20 bits per heavy atom. The van der Waals surface area contributed by atoms with Crippen molar-refractivity contribution in [3.63, 3.8) is 0 Å². The molecule has 1 aliphatic heterocycles. The van der Waals surface area contributed by atoms with E-state index in [2.05, 4.69) is 10.6 Å². The molecule has 1 saturated heterocycles. The van der Waals surface area contributed by atoms with Crippen LogP contribution >= 0.6 is 0 Å². The van der Waals surface area contributed by atoms with Gasteiger partial charge in [-0.1, -0.05) is 12.1 Å². The molecule has 1 heterocycles. The van der Waals surface area contributed by atoms with Crippen molar-refractivity contribution in [1.29, 1.82) is 0 Å². The number of carbonyl (C=O) groups excluding carboxylic acids is 1. The van der Waals surface area contributed by atoms with Crippen LogP contribution in [0, 0.1) is 11.7 Å². The van der Waals surface area contributed by atoms with Crippen molar-refractivity contribution in [3.8, 4) is 0 Å². The molecule has 1 aromatic rings. The summed E-state index contributed by atoms with van der Waals surface area (Å²) in [6, 6.07) is 6.24. The third-order valence-electron chi connectivity index (χ3n) is 3.96. The first-order chi connectivity index (χ1) is 9.65. The number of halogens is 1. The molecule has 1 unspecified atom stereocenters. The van der Waals surface area contributed by atoms with Crippen molar-refractivity contribution in [2.24, 2.45) is 5.92 Å². The molecule has 110 valence electrons. The van der Waals surface area contributed by atoms with Gasteiger partial charge in [0.05, 0.1) is 6.04 Å². The minimum absolute atomic E-state index is 0.0558. The van der Waals surface area contributed by atoms with Crippen molar-refractivity contribution >= 4 is 5.91 Å². The molecule has 1 fully saturated rings. The Hall–Kier alpha value is -1.42. The molecule has 1 amide bonds. The molecule has 2 rings (SSSR count). The van der Waals surface area contributed by atoms with E-state index in [1.54, 1.807) is 6.07 Å². The second kappa shape index (κ2) is 7.39. The zero-order chi connectivity index (χ0) is 14.4. The van der Waals surface area contributed by atoms with Crippen LogP contribution in [0.2, 0.25) is 0 Å².